The first-order valence-corrected chi connectivity index (χ1v) is 6.55. The Morgan fingerprint density at radius 1 is 1.37 bits per heavy atom. The van der Waals surface area contributed by atoms with E-state index in [1.807, 2.05) is 30.5 Å². The monoisotopic (exact) mass is 260 g/mol. The fraction of sp³-hybridized carbons (Fsp3) is 0.400. The highest BCUT2D eigenvalue weighted by atomic mass is 16.4. The van der Waals surface area contributed by atoms with Gasteiger partial charge in [-0.05, 0) is 24.0 Å². The summed E-state index contributed by atoms with van der Waals surface area (Å²) in [5, 5.41) is 10.3. The van der Waals surface area contributed by atoms with Crippen molar-refractivity contribution in [1.82, 2.24) is 4.98 Å². The van der Waals surface area contributed by atoms with Crippen molar-refractivity contribution in [2.24, 2.45) is 11.7 Å². The van der Waals surface area contributed by atoms with E-state index < -0.39 is 12.0 Å². The van der Waals surface area contributed by atoms with Gasteiger partial charge in [-0.15, -0.1) is 0 Å². The molecule has 0 radical (unpaired) electrons. The first-order chi connectivity index (χ1) is 9.00. The van der Waals surface area contributed by atoms with Gasteiger partial charge in [-0.25, -0.2) is 0 Å². The van der Waals surface area contributed by atoms with Gasteiger partial charge in [0.1, 0.15) is 6.04 Å². The topological polar surface area (TPSA) is 79.1 Å². The van der Waals surface area contributed by atoms with Gasteiger partial charge in [-0.2, -0.15) is 0 Å². The molecule has 1 aromatic heterocycles. The third-order valence-electron chi connectivity index (χ3n) is 3.46. The van der Waals surface area contributed by atoms with Crippen molar-refractivity contribution in [3.63, 3.8) is 0 Å². The van der Waals surface area contributed by atoms with Gasteiger partial charge in [0.25, 0.3) is 0 Å². The highest BCUT2D eigenvalue weighted by Gasteiger charge is 2.28. The van der Waals surface area contributed by atoms with Crippen molar-refractivity contribution in [1.29, 1.82) is 0 Å². The molecule has 0 fully saturated rings. The lowest BCUT2D eigenvalue weighted by molar-refractivity contribution is -0.139. The Balaban J connectivity index is 2.45. The van der Waals surface area contributed by atoms with Gasteiger partial charge in [0, 0.05) is 23.0 Å². The Morgan fingerprint density at radius 3 is 2.68 bits per heavy atom. The van der Waals surface area contributed by atoms with Crippen LogP contribution in [0.1, 0.15) is 31.7 Å². The molecular formula is C15H20N2O2. The van der Waals surface area contributed by atoms with Crippen molar-refractivity contribution in [3.05, 3.63) is 36.0 Å². The Labute approximate surface area is 112 Å². The van der Waals surface area contributed by atoms with E-state index in [4.69, 9.17) is 5.73 Å². The van der Waals surface area contributed by atoms with E-state index in [0.717, 1.165) is 22.9 Å². The second kappa shape index (κ2) is 5.45. The summed E-state index contributed by atoms with van der Waals surface area (Å²) in [4.78, 5) is 14.4. The van der Waals surface area contributed by atoms with Gasteiger partial charge in [0.15, 0.2) is 0 Å². The SMILES string of the molecule is CC(C)C[C@H](c1c[nH]c2ccccc12)[C@@H](N)C(=O)O. The number of carboxylic acid groups (broad SMARTS) is 1. The predicted molar refractivity (Wildman–Crippen MR) is 76.1 cm³/mol. The molecule has 1 heterocycles. The minimum atomic E-state index is -0.948. The molecule has 1 aromatic carbocycles. The van der Waals surface area contributed by atoms with Crippen molar-refractivity contribution >= 4 is 16.9 Å². The number of nitrogens with two attached hydrogens (primary N) is 1. The summed E-state index contributed by atoms with van der Waals surface area (Å²) in [6.45, 7) is 4.16. The average Bonchev–Trinajstić information content (AvgIpc) is 2.78. The number of carbonyl (C=O) groups is 1. The van der Waals surface area contributed by atoms with Crippen LogP contribution in [0.3, 0.4) is 0 Å². The number of rotatable bonds is 5. The molecule has 2 atom stereocenters. The fourth-order valence-corrected chi connectivity index (χ4v) is 2.55. The molecule has 4 nitrogen and oxygen atoms in total. The normalized spacial score (nSPS) is 14.7. The van der Waals surface area contributed by atoms with Crippen LogP contribution in [0.15, 0.2) is 30.5 Å². The molecule has 4 N–H and O–H groups in total. The smallest absolute Gasteiger partial charge is 0.321 e. The molecule has 2 rings (SSSR count). The summed E-state index contributed by atoms with van der Waals surface area (Å²) in [5.41, 5.74) is 7.89. The van der Waals surface area contributed by atoms with Crippen molar-refractivity contribution < 1.29 is 9.90 Å². The van der Waals surface area contributed by atoms with Gasteiger partial charge in [-0.1, -0.05) is 32.0 Å². The number of hydrogen-bond donors (Lipinski definition) is 3. The van der Waals surface area contributed by atoms with Gasteiger partial charge in [0.2, 0.25) is 0 Å². The summed E-state index contributed by atoms with van der Waals surface area (Å²) in [5.74, 6) is -0.728. The third kappa shape index (κ3) is 2.79. The first-order valence-electron chi connectivity index (χ1n) is 6.55. The first kappa shape index (κ1) is 13.6. The number of fused-ring (bicyclic) bond motifs is 1. The van der Waals surface area contributed by atoms with Crippen LogP contribution in [0.5, 0.6) is 0 Å². The lowest BCUT2D eigenvalue weighted by Gasteiger charge is -2.22. The van der Waals surface area contributed by atoms with Crippen LogP contribution < -0.4 is 5.73 Å². The minimum Gasteiger partial charge on any atom is -0.480 e. The molecule has 0 saturated heterocycles. The van der Waals surface area contributed by atoms with Crippen LogP contribution in [-0.4, -0.2) is 22.1 Å². The van der Waals surface area contributed by atoms with Crippen LogP contribution in [0, 0.1) is 5.92 Å². The Kier molecular flexibility index (Phi) is 3.90. The number of nitrogens with one attached hydrogen (secondary N) is 1. The number of aliphatic carboxylic acids is 1. The Morgan fingerprint density at radius 2 is 2.05 bits per heavy atom. The number of hydrogen-bond acceptors (Lipinski definition) is 2. The average molecular weight is 260 g/mol. The van der Waals surface area contributed by atoms with Gasteiger partial charge >= 0.3 is 5.97 Å². The molecule has 0 bridgehead atoms. The fourth-order valence-electron chi connectivity index (χ4n) is 2.55. The molecule has 0 saturated carbocycles. The highest BCUT2D eigenvalue weighted by molar-refractivity contribution is 5.85. The van der Waals surface area contributed by atoms with Crippen LogP contribution in [0.2, 0.25) is 0 Å². The maximum atomic E-state index is 11.2. The number of aromatic nitrogens is 1. The molecule has 0 spiro atoms. The Hall–Kier alpha value is -1.81. The number of carboxylic acids is 1. The second-order valence-corrected chi connectivity index (χ2v) is 5.39. The van der Waals surface area contributed by atoms with E-state index in [2.05, 4.69) is 18.8 Å². The van der Waals surface area contributed by atoms with E-state index in [9.17, 15) is 9.90 Å². The van der Waals surface area contributed by atoms with Crippen LogP contribution in [0.25, 0.3) is 10.9 Å². The molecule has 2 aromatic rings. The van der Waals surface area contributed by atoms with Crippen LogP contribution in [0.4, 0.5) is 0 Å². The van der Waals surface area contributed by atoms with Crippen LogP contribution in [-0.2, 0) is 4.79 Å². The summed E-state index contributed by atoms with van der Waals surface area (Å²) in [6, 6.07) is 7.03. The zero-order valence-corrected chi connectivity index (χ0v) is 11.3. The predicted octanol–water partition coefficient (Wildman–Crippen LogP) is 2.71. The summed E-state index contributed by atoms with van der Waals surface area (Å²) in [7, 11) is 0. The van der Waals surface area contributed by atoms with E-state index in [-0.39, 0.29) is 5.92 Å². The molecule has 4 heteroatoms. The number of benzene rings is 1. The highest BCUT2D eigenvalue weighted by Crippen LogP contribution is 2.32. The molecular weight excluding hydrogens is 240 g/mol. The van der Waals surface area contributed by atoms with Gasteiger partial charge < -0.3 is 15.8 Å². The maximum absolute atomic E-state index is 11.2. The quantitative estimate of drug-likeness (QED) is 0.773. The summed E-state index contributed by atoms with van der Waals surface area (Å²) >= 11 is 0. The molecule has 0 aliphatic rings. The number of aromatic amines is 1. The lowest BCUT2D eigenvalue weighted by atomic mass is 9.84. The largest absolute Gasteiger partial charge is 0.480 e. The van der Waals surface area contributed by atoms with Crippen LogP contribution >= 0.6 is 0 Å². The summed E-state index contributed by atoms with van der Waals surface area (Å²) < 4.78 is 0. The molecule has 0 unspecified atom stereocenters. The standard InChI is InChI=1S/C15H20N2O2/c1-9(2)7-11(14(16)15(18)19)12-8-17-13-6-4-3-5-10(12)13/h3-6,8-9,11,14,17H,7,16H2,1-2H3,(H,18,19)/t11-,14-/m1/s1. The zero-order valence-electron chi connectivity index (χ0n) is 11.3. The molecule has 19 heavy (non-hydrogen) atoms. The number of para-hydroxylation sites is 1. The summed E-state index contributed by atoms with van der Waals surface area (Å²) in [6.07, 6.45) is 2.65. The number of H-pyrrole nitrogens is 1. The van der Waals surface area contributed by atoms with Crippen molar-refractivity contribution in [2.45, 2.75) is 32.2 Å². The van der Waals surface area contributed by atoms with E-state index in [1.165, 1.54) is 0 Å². The molecule has 0 amide bonds. The lowest BCUT2D eigenvalue weighted by Crippen LogP contribution is -2.37. The van der Waals surface area contributed by atoms with Gasteiger partial charge in [0.05, 0.1) is 0 Å². The van der Waals surface area contributed by atoms with E-state index >= 15 is 0 Å². The minimum absolute atomic E-state index is 0.173. The Bertz CT molecular complexity index is 574. The molecule has 102 valence electrons. The van der Waals surface area contributed by atoms with Crippen molar-refractivity contribution in [3.8, 4) is 0 Å². The second-order valence-electron chi connectivity index (χ2n) is 5.39. The molecule has 0 aliphatic heterocycles. The third-order valence-corrected chi connectivity index (χ3v) is 3.46. The van der Waals surface area contributed by atoms with Crippen molar-refractivity contribution in [2.75, 3.05) is 0 Å². The van der Waals surface area contributed by atoms with E-state index in [0.29, 0.717) is 5.92 Å². The van der Waals surface area contributed by atoms with E-state index in [1.54, 1.807) is 0 Å². The van der Waals surface area contributed by atoms with Gasteiger partial charge in [-0.3, -0.25) is 4.79 Å². The molecule has 0 aliphatic carbocycles. The maximum Gasteiger partial charge on any atom is 0.321 e. The zero-order chi connectivity index (χ0) is 14.0.